The van der Waals surface area contributed by atoms with E-state index in [0.717, 1.165) is 49.1 Å². The van der Waals surface area contributed by atoms with Crippen LogP contribution >= 0.6 is 0 Å². The Morgan fingerprint density at radius 3 is 2.45 bits per heavy atom. The van der Waals surface area contributed by atoms with E-state index in [0.29, 0.717) is 19.0 Å². The van der Waals surface area contributed by atoms with E-state index in [1.54, 1.807) is 4.31 Å². The lowest BCUT2D eigenvalue weighted by Crippen LogP contribution is -2.44. The van der Waals surface area contributed by atoms with Gasteiger partial charge < -0.3 is 5.32 Å². The third-order valence-corrected chi connectivity index (χ3v) is 8.44. The number of hydrogen-bond donors (Lipinski definition) is 1. The molecule has 4 fully saturated rings. The van der Waals surface area contributed by atoms with Crippen LogP contribution in [-0.4, -0.2) is 44.7 Å². The van der Waals surface area contributed by atoms with E-state index in [9.17, 15) is 8.42 Å². The summed E-state index contributed by atoms with van der Waals surface area (Å²) in [6.07, 6.45) is 10.7. The van der Waals surface area contributed by atoms with Gasteiger partial charge in [-0.25, -0.2) is 12.7 Å². The van der Waals surface area contributed by atoms with Crippen molar-refractivity contribution in [2.75, 3.05) is 25.9 Å². The summed E-state index contributed by atoms with van der Waals surface area (Å²) in [5, 5.41) is 3.88. The molecule has 126 valence electrons. The fourth-order valence-corrected chi connectivity index (χ4v) is 6.94. The monoisotopic (exact) mass is 326 g/mol. The molecule has 0 aromatic rings. The van der Waals surface area contributed by atoms with Crippen LogP contribution in [0.2, 0.25) is 0 Å². The highest BCUT2D eigenvalue weighted by atomic mass is 32.2. The molecule has 4 aliphatic rings. The van der Waals surface area contributed by atoms with Gasteiger partial charge in [0.2, 0.25) is 10.0 Å². The molecule has 5 heteroatoms. The molecular weight excluding hydrogens is 296 g/mol. The molecule has 0 aromatic carbocycles. The average Bonchev–Trinajstić information content (AvgIpc) is 3.17. The molecule has 0 spiro atoms. The van der Waals surface area contributed by atoms with Gasteiger partial charge in [0.1, 0.15) is 0 Å². The highest BCUT2D eigenvalue weighted by Gasteiger charge is 2.53. The normalized spacial score (nSPS) is 42.9. The molecule has 1 heterocycles. The molecule has 0 amide bonds. The van der Waals surface area contributed by atoms with Crippen molar-refractivity contribution in [3.8, 4) is 0 Å². The molecule has 0 radical (unpaired) electrons. The molecule has 4 rings (SSSR count). The first-order valence-corrected chi connectivity index (χ1v) is 11.1. The van der Waals surface area contributed by atoms with Gasteiger partial charge in [-0.2, -0.15) is 0 Å². The zero-order valence-electron chi connectivity index (χ0n) is 13.7. The van der Waals surface area contributed by atoms with E-state index in [1.807, 2.05) is 0 Å². The Morgan fingerprint density at radius 1 is 1.00 bits per heavy atom. The lowest BCUT2D eigenvalue weighted by Gasteiger charge is -2.35. The van der Waals surface area contributed by atoms with Crippen LogP contribution in [0.4, 0.5) is 0 Å². The van der Waals surface area contributed by atoms with Crippen molar-refractivity contribution in [2.45, 2.75) is 51.0 Å². The average molecular weight is 327 g/mol. The number of fused-ring (bicyclic) bond motifs is 5. The SMILES string of the molecule is CS(=O)(=O)N1CCC(CNC2CC3CC2C2CCCC32)CC1. The van der Waals surface area contributed by atoms with Gasteiger partial charge in [-0.15, -0.1) is 0 Å². The molecule has 3 aliphatic carbocycles. The highest BCUT2D eigenvalue weighted by molar-refractivity contribution is 7.88. The van der Waals surface area contributed by atoms with E-state index < -0.39 is 10.0 Å². The first kappa shape index (κ1) is 15.4. The molecule has 2 bridgehead atoms. The Morgan fingerprint density at radius 2 is 1.73 bits per heavy atom. The molecule has 1 aliphatic heterocycles. The van der Waals surface area contributed by atoms with Gasteiger partial charge in [-0.05, 0) is 74.7 Å². The molecular formula is C17H30N2O2S. The highest BCUT2D eigenvalue weighted by Crippen LogP contribution is 2.58. The Bertz CT molecular complexity index is 513. The number of rotatable bonds is 4. The smallest absolute Gasteiger partial charge is 0.211 e. The third-order valence-electron chi connectivity index (χ3n) is 7.14. The first-order valence-electron chi connectivity index (χ1n) is 9.21. The van der Waals surface area contributed by atoms with Crippen molar-refractivity contribution < 1.29 is 8.42 Å². The van der Waals surface area contributed by atoms with Crippen molar-refractivity contribution >= 4 is 10.0 Å². The van der Waals surface area contributed by atoms with E-state index in [2.05, 4.69) is 5.32 Å². The molecule has 0 aromatic heterocycles. The second kappa shape index (κ2) is 5.75. The summed E-state index contributed by atoms with van der Waals surface area (Å²) < 4.78 is 24.8. The molecule has 3 saturated carbocycles. The number of hydrogen-bond acceptors (Lipinski definition) is 3. The molecule has 1 N–H and O–H groups in total. The predicted molar refractivity (Wildman–Crippen MR) is 88.0 cm³/mol. The van der Waals surface area contributed by atoms with Crippen LogP contribution in [-0.2, 0) is 10.0 Å². The standard InChI is InChI=1S/C17H30N2O2S/c1-22(20,21)19-7-5-12(6-8-19)11-18-17-10-13-9-16(17)15-4-2-3-14(13)15/h12-18H,2-11H2,1H3. The number of sulfonamides is 1. The van der Waals surface area contributed by atoms with Gasteiger partial charge in [0.05, 0.1) is 6.26 Å². The quantitative estimate of drug-likeness (QED) is 0.860. The molecule has 22 heavy (non-hydrogen) atoms. The van der Waals surface area contributed by atoms with Crippen molar-refractivity contribution in [2.24, 2.45) is 29.6 Å². The number of nitrogens with one attached hydrogen (secondary N) is 1. The maximum absolute atomic E-state index is 11.6. The fourth-order valence-electron chi connectivity index (χ4n) is 6.07. The second-order valence-electron chi connectivity index (χ2n) is 8.27. The predicted octanol–water partition coefficient (Wildman–Crippen LogP) is 2.07. The molecule has 4 nitrogen and oxygen atoms in total. The zero-order valence-corrected chi connectivity index (χ0v) is 14.5. The van der Waals surface area contributed by atoms with Crippen LogP contribution in [0.5, 0.6) is 0 Å². The Labute approximate surface area is 135 Å². The summed E-state index contributed by atoms with van der Waals surface area (Å²) in [4.78, 5) is 0. The summed E-state index contributed by atoms with van der Waals surface area (Å²) in [7, 11) is -2.98. The number of piperidine rings is 1. The van der Waals surface area contributed by atoms with Crippen molar-refractivity contribution in [3.63, 3.8) is 0 Å². The Kier molecular flexibility index (Phi) is 4.02. The second-order valence-corrected chi connectivity index (χ2v) is 10.3. The Hall–Kier alpha value is -0.130. The molecule has 5 unspecified atom stereocenters. The van der Waals surface area contributed by atoms with Crippen LogP contribution in [0, 0.1) is 29.6 Å². The summed E-state index contributed by atoms with van der Waals surface area (Å²) in [5.41, 5.74) is 0. The first-order chi connectivity index (χ1) is 10.5. The minimum Gasteiger partial charge on any atom is -0.313 e. The lowest BCUT2D eigenvalue weighted by molar-refractivity contribution is 0.193. The van der Waals surface area contributed by atoms with Crippen LogP contribution in [0.1, 0.15) is 44.9 Å². The fraction of sp³-hybridized carbons (Fsp3) is 1.00. The van der Waals surface area contributed by atoms with Gasteiger partial charge in [-0.1, -0.05) is 6.42 Å². The summed E-state index contributed by atoms with van der Waals surface area (Å²) >= 11 is 0. The maximum Gasteiger partial charge on any atom is 0.211 e. The minimum absolute atomic E-state index is 0.663. The van der Waals surface area contributed by atoms with E-state index in [1.165, 1.54) is 38.4 Å². The largest absolute Gasteiger partial charge is 0.313 e. The van der Waals surface area contributed by atoms with Crippen LogP contribution in [0.25, 0.3) is 0 Å². The maximum atomic E-state index is 11.6. The Balaban J connectivity index is 1.25. The van der Waals surface area contributed by atoms with Gasteiger partial charge in [-0.3, -0.25) is 0 Å². The van der Waals surface area contributed by atoms with Crippen molar-refractivity contribution in [1.82, 2.24) is 9.62 Å². The van der Waals surface area contributed by atoms with Crippen molar-refractivity contribution in [1.29, 1.82) is 0 Å². The van der Waals surface area contributed by atoms with E-state index in [4.69, 9.17) is 0 Å². The number of nitrogens with zero attached hydrogens (tertiary/aromatic N) is 1. The summed E-state index contributed by atoms with van der Waals surface area (Å²) in [6, 6.07) is 0.761. The van der Waals surface area contributed by atoms with Crippen LogP contribution in [0.3, 0.4) is 0 Å². The van der Waals surface area contributed by atoms with Gasteiger partial charge >= 0.3 is 0 Å². The topological polar surface area (TPSA) is 49.4 Å². The lowest BCUT2D eigenvalue weighted by atomic mass is 9.79. The van der Waals surface area contributed by atoms with Gasteiger partial charge in [0.15, 0.2) is 0 Å². The van der Waals surface area contributed by atoms with E-state index >= 15 is 0 Å². The van der Waals surface area contributed by atoms with Crippen LogP contribution in [0.15, 0.2) is 0 Å². The summed E-state index contributed by atoms with van der Waals surface area (Å²) in [6.45, 7) is 2.53. The van der Waals surface area contributed by atoms with Gasteiger partial charge in [0.25, 0.3) is 0 Å². The minimum atomic E-state index is -2.98. The molecule has 1 saturated heterocycles. The molecule has 5 atom stereocenters. The zero-order chi connectivity index (χ0) is 15.3. The van der Waals surface area contributed by atoms with Crippen molar-refractivity contribution in [3.05, 3.63) is 0 Å². The van der Waals surface area contributed by atoms with E-state index in [-0.39, 0.29) is 0 Å². The third kappa shape index (κ3) is 2.73. The van der Waals surface area contributed by atoms with Crippen LogP contribution < -0.4 is 5.32 Å². The summed E-state index contributed by atoms with van der Waals surface area (Å²) in [5.74, 6) is 4.73. The van der Waals surface area contributed by atoms with Gasteiger partial charge in [0, 0.05) is 19.1 Å².